The molecule has 0 aromatic carbocycles. The molecule has 0 radical (unpaired) electrons. The minimum absolute atomic E-state index is 0.0481. The van der Waals surface area contributed by atoms with E-state index in [4.69, 9.17) is 5.73 Å². The molecule has 1 fully saturated rings. The third-order valence-corrected chi connectivity index (χ3v) is 4.51. The Balaban J connectivity index is 2.32. The van der Waals surface area contributed by atoms with Gasteiger partial charge in [0.15, 0.2) is 5.03 Å². The van der Waals surface area contributed by atoms with Crippen LogP contribution in [0.25, 0.3) is 0 Å². The first-order valence-corrected chi connectivity index (χ1v) is 6.19. The summed E-state index contributed by atoms with van der Waals surface area (Å²) in [6.45, 7) is 0.891. The van der Waals surface area contributed by atoms with Crippen molar-refractivity contribution in [1.82, 2.24) is 14.1 Å². The summed E-state index contributed by atoms with van der Waals surface area (Å²) in [4.78, 5) is 0. The lowest BCUT2D eigenvalue weighted by atomic mass is 10.3. The van der Waals surface area contributed by atoms with Crippen LogP contribution >= 0.6 is 0 Å². The predicted octanol–water partition coefficient (Wildman–Crippen LogP) is -0.858. The highest BCUT2D eigenvalue weighted by Gasteiger charge is 2.32. The third kappa shape index (κ3) is 1.77. The zero-order valence-electron chi connectivity index (χ0n) is 8.50. The number of sulfonamides is 1. The van der Waals surface area contributed by atoms with E-state index in [2.05, 4.69) is 5.10 Å². The van der Waals surface area contributed by atoms with Crippen molar-refractivity contribution in [2.75, 3.05) is 13.1 Å². The van der Waals surface area contributed by atoms with Crippen LogP contribution in [0.5, 0.6) is 0 Å². The van der Waals surface area contributed by atoms with Crippen LogP contribution < -0.4 is 5.73 Å². The molecule has 0 bridgehead atoms. The van der Waals surface area contributed by atoms with Crippen molar-refractivity contribution in [2.24, 2.45) is 12.8 Å². The van der Waals surface area contributed by atoms with Crippen LogP contribution in [-0.4, -0.2) is 41.6 Å². The molecule has 1 aliphatic rings. The maximum Gasteiger partial charge on any atom is 0.260 e. The van der Waals surface area contributed by atoms with Crippen LogP contribution in [0, 0.1) is 0 Å². The van der Waals surface area contributed by atoms with Crippen molar-refractivity contribution in [3.63, 3.8) is 0 Å². The molecule has 2 heterocycles. The first kappa shape index (κ1) is 10.6. The fraction of sp³-hybridized carbons (Fsp3) is 0.625. The Bertz CT molecular complexity index is 453. The van der Waals surface area contributed by atoms with Crippen LogP contribution in [-0.2, 0) is 17.1 Å². The van der Waals surface area contributed by atoms with E-state index >= 15 is 0 Å². The number of aromatic nitrogens is 2. The van der Waals surface area contributed by atoms with Gasteiger partial charge in [-0.05, 0) is 12.5 Å². The van der Waals surface area contributed by atoms with Crippen molar-refractivity contribution < 1.29 is 8.42 Å². The fourth-order valence-corrected chi connectivity index (χ4v) is 3.33. The molecule has 84 valence electrons. The lowest BCUT2D eigenvalue weighted by Gasteiger charge is -2.15. The first-order valence-electron chi connectivity index (χ1n) is 4.75. The molecule has 0 amide bonds. The van der Waals surface area contributed by atoms with Crippen LogP contribution in [0.2, 0.25) is 0 Å². The maximum atomic E-state index is 12.1. The highest BCUT2D eigenvalue weighted by Crippen LogP contribution is 2.19. The van der Waals surface area contributed by atoms with Gasteiger partial charge in [-0.3, -0.25) is 4.68 Å². The van der Waals surface area contributed by atoms with Gasteiger partial charge in [-0.1, -0.05) is 0 Å². The summed E-state index contributed by atoms with van der Waals surface area (Å²) in [5.74, 6) is 0. The monoisotopic (exact) mass is 230 g/mol. The number of aryl methyl sites for hydroxylation is 1. The maximum absolute atomic E-state index is 12.1. The van der Waals surface area contributed by atoms with Gasteiger partial charge in [-0.2, -0.15) is 9.40 Å². The Morgan fingerprint density at radius 2 is 2.33 bits per heavy atom. The third-order valence-electron chi connectivity index (χ3n) is 2.57. The molecular weight excluding hydrogens is 216 g/mol. The van der Waals surface area contributed by atoms with Gasteiger partial charge in [-0.15, -0.1) is 0 Å². The highest BCUT2D eigenvalue weighted by atomic mass is 32.2. The Labute approximate surface area is 88.7 Å². The Kier molecular flexibility index (Phi) is 2.53. The smallest absolute Gasteiger partial charge is 0.260 e. The van der Waals surface area contributed by atoms with Gasteiger partial charge in [0.2, 0.25) is 0 Å². The second-order valence-electron chi connectivity index (χ2n) is 3.70. The molecule has 1 saturated heterocycles. The molecule has 0 spiro atoms. The molecule has 1 aliphatic heterocycles. The Morgan fingerprint density at radius 3 is 2.80 bits per heavy atom. The van der Waals surface area contributed by atoms with Crippen molar-refractivity contribution in [3.05, 3.63) is 12.3 Å². The van der Waals surface area contributed by atoms with Crippen molar-refractivity contribution in [3.8, 4) is 0 Å². The van der Waals surface area contributed by atoms with Gasteiger partial charge >= 0.3 is 0 Å². The van der Waals surface area contributed by atoms with Gasteiger partial charge in [-0.25, -0.2) is 8.42 Å². The zero-order chi connectivity index (χ0) is 11.1. The largest absolute Gasteiger partial charge is 0.326 e. The summed E-state index contributed by atoms with van der Waals surface area (Å²) in [5.41, 5.74) is 5.68. The molecule has 6 nitrogen and oxygen atoms in total. The molecule has 1 aromatic rings. The van der Waals surface area contributed by atoms with E-state index < -0.39 is 10.0 Å². The Hall–Kier alpha value is -0.920. The lowest BCUT2D eigenvalue weighted by molar-refractivity contribution is 0.462. The molecule has 1 atom stereocenters. The van der Waals surface area contributed by atoms with E-state index in [1.54, 1.807) is 7.05 Å². The van der Waals surface area contributed by atoms with Gasteiger partial charge in [0.05, 0.1) is 6.20 Å². The second kappa shape index (κ2) is 3.58. The van der Waals surface area contributed by atoms with Crippen LogP contribution in [0.1, 0.15) is 6.42 Å². The molecule has 15 heavy (non-hydrogen) atoms. The molecule has 7 heteroatoms. The quantitative estimate of drug-likeness (QED) is 0.717. The summed E-state index contributed by atoms with van der Waals surface area (Å²) in [5, 5.41) is 4.07. The minimum Gasteiger partial charge on any atom is -0.326 e. The average Bonchev–Trinajstić information content (AvgIpc) is 2.74. The molecule has 0 aliphatic carbocycles. The fourth-order valence-electron chi connectivity index (χ4n) is 1.72. The molecule has 2 N–H and O–H groups in total. The zero-order valence-corrected chi connectivity index (χ0v) is 9.31. The SMILES string of the molecule is Cn1nccc1S(=O)(=O)N1CC[C@@H](N)C1. The van der Waals surface area contributed by atoms with E-state index in [1.807, 2.05) is 0 Å². The minimum atomic E-state index is -3.41. The molecule has 1 aromatic heterocycles. The summed E-state index contributed by atoms with van der Waals surface area (Å²) in [6, 6.07) is 1.45. The van der Waals surface area contributed by atoms with E-state index in [9.17, 15) is 8.42 Å². The number of rotatable bonds is 2. The topological polar surface area (TPSA) is 81.2 Å². The number of hydrogen-bond donors (Lipinski definition) is 1. The number of nitrogens with zero attached hydrogens (tertiary/aromatic N) is 3. The molecular formula is C8H14N4O2S. The standard InChI is InChI=1S/C8H14N4O2S/c1-11-8(2-4-10-11)15(13,14)12-5-3-7(9)6-12/h2,4,7H,3,5-6,9H2,1H3/t7-/m1/s1. The van der Waals surface area contributed by atoms with E-state index in [1.165, 1.54) is 21.3 Å². The van der Waals surface area contributed by atoms with Crippen LogP contribution in [0.3, 0.4) is 0 Å². The van der Waals surface area contributed by atoms with Gasteiger partial charge in [0.1, 0.15) is 0 Å². The summed E-state index contributed by atoms with van der Waals surface area (Å²) in [7, 11) is -1.79. The first-order chi connectivity index (χ1) is 7.01. The van der Waals surface area contributed by atoms with E-state index in [0.29, 0.717) is 13.1 Å². The van der Waals surface area contributed by atoms with Crippen LogP contribution in [0.4, 0.5) is 0 Å². The van der Waals surface area contributed by atoms with Gasteiger partial charge in [0.25, 0.3) is 10.0 Å². The molecule has 2 rings (SSSR count). The van der Waals surface area contributed by atoms with Gasteiger partial charge in [0, 0.05) is 26.2 Å². The van der Waals surface area contributed by atoms with E-state index in [-0.39, 0.29) is 11.1 Å². The van der Waals surface area contributed by atoms with Gasteiger partial charge < -0.3 is 5.73 Å². The Morgan fingerprint density at radius 1 is 1.60 bits per heavy atom. The summed E-state index contributed by atoms with van der Waals surface area (Å²) < 4.78 is 26.9. The number of hydrogen-bond acceptors (Lipinski definition) is 4. The van der Waals surface area contributed by atoms with Crippen molar-refractivity contribution in [2.45, 2.75) is 17.5 Å². The van der Waals surface area contributed by atoms with Crippen LogP contribution in [0.15, 0.2) is 17.3 Å². The second-order valence-corrected chi connectivity index (χ2v) is 5.59. The number of nitrogens with two attached hydrogens (primary N) is 1. The molecule has 0 saturated carbocycles. The summed E-state index contributed by atoms with van der Waals surface area (Å²) in [6.07, 6.45) is 2.19. The summed E-state index contributed by atoms with van der Waals surface area (Å²) >= 11 is 0. The lowest BCUT2D eigenvalue weighted by Crippen LogP contribution is -2.33. The van der Waals surface area contributed by atoms with E-state index in [0.717, 1.165) is 6.42 Å². The van der Waals surface area contributed by atoms with Crippen molar-refractivity contribution in [1.29, 1.82) is 0 Å². The molecule has 0 unspecified atom stereocenters. The highest BCUT2D eigenvalue weighted by molar-refractivity contribution is 7.89. The average molecular weight is 230 g/mol. The van der Waals surface area contributed by atoms with Crippen molar-refractivity contribution >= 4 is 10.0 Å². The normalized spacial score (nSPS) is 23.5. The predicted molar refractivity (Wildman–Crippen MR) is 54.6 cm³/mol.